The van der Waals surface area contributed by atoms with E-state index in [4.69, 9.17) is 9.47 Å². The van der Waals surface area contributed by atoms with Gasteiger partial charge in [0.05, 0.1) is 23.4 Å². The van der Waals surface area contributed by atoms with Crippen molar-refractivity contribution in [3.63, 3.8) is 0 Å². The fraction of sp³-hybridized carbons (Fsp3) is 0.875. The van der Waals surface area contributed by atoms with Crippen LogP contribution < -0.4 is 0 Å². The van der Waals surface area contributed by atoms with Crippen molar-refractivity contribution in [2.75, 3.05) is 0 Å². The molecule has 4 fully saturated rings. The van der Waals surface area contributed by atoms with Gasteiger partial charge in [-0.1, -0.05) is 51.0 Å². The first-order valence-electron chi connectivity index (χ1n) is 14.7. The molecule has 2 saturated heterocycles. The van der Waals surface area contributed by atoms with E-state index in [2.05, 4.69) is 67.5 Å². The summed E-state index contributed by atoms with van der Waals surface area (Å²) < 4.78 is 11.9. The molecule has 12 atom stereocenters. The monoisotopic (exact) mass is 468 g/mol. The van der Waals surface area contributed by atoms with E-state index in [1.807, 2.05) is 0 Å². The number of hydrogen-bond acceptors (Lipinski definition) is 2. The predicted molar refractivity (Wildman–Crippen MR) is 142 cm³/mol. The molecule has 192 valence electrons. The quantitative estimate of drug-likeness (QED) is 0.300. The van der Waals surface area contributed by atoms with Gasteiger partial charge in [0.25, 0.3) is 0 Å². The second-order valence-electron chi connectivity index (χ2n) is 14.4. The lowest BCUT2D eigenvalue weighted by molar-refractivity contribution is 0.135. The highest BCUT2D eigenvalue weighted by atomic mass is 16.6. The van der Waals surface area contributed by atoms with Gasteiger partial charge in [0.1, 0.15) is 0 Å². The van der Waals surface area contributed by atoms with Gasteiger partial charge >= 0.3 is 0 Å². The summed E-state index contributed by atoms with van der Waals surface area (Å²) >= 11 is 0. The molecule has 2 nitrogen and oxygen atoms in total. The Labute approximate surface area is 210 Å². The molecule has 0 bridgehead atoms. The number of rotatable bonds is 2. The minimum Gasteiger partial charge on any atom is -0.366 e. The highest BCUT2D eigenvalue weighted by molar-refractivity contribution is 5.13. The maximum absolute atomic E-state index is 5.96. The van der Waals surface area contributed by atoms with E-state index in [1.54, 1.807) is 11.1 Å². The Morgan fingerprint density at radius 2 is 1.00 bits per heavy atom. The molecule has 0 aromatic heterocycles. The molecule has 2 saturated carbocycles. The molecule has 0 N–H and O–H groups in total. The fourth-order valence-corrected chi connectivity index (χ4v) is 9.32. The van der Waals surface area contributed by atoms with Crippen molar-refractivity contribution < 1.29 is 9.47 Å². The Morgan fingerprint density at radius 1 is 0.618 bits per heavy atom. The Morgan fingerprint density at radius 3 is 1.32 bits per heavy atom. The van der Waals surface area contributed by atoms with E-state index in [0.29, 0.717) is 12.2 Å². The molecule has 2 heterocycles. The lowest BCUT2D eigenvalue weighted by Gasteiger charge is -2.38. The summed E-state index contributed by atoms with van der Waals surface area (Å²) in [4.78, 5) is 0. The normalized spacial score (nSPS) is 53.9. The summed E-state index contributed by atoms with van der Waals surface area (Å²) in [5.74, 6) is 6.77. The SMILES string of the molecule is CC1=CC(C)CC(C2CC(C)=CC(C)C2)C1.CC1CC(C2CC(C)C3OC3(C)C2)CC2(C)OC12. The van der Waals surface area contributed by atoms with Crippen LogP contribution in [0, 0.1) is 47.3 Å². The Hall–Kier alpha value is -0.600. The van der Waals surface area contributed by atoms with Crippen molar-refractivity contribution in [1.82, 2.24) is 0 Å². The van der Waals surface area contributed by atoms with Crippen LogP contribution in [0.15, 0.2) is 23.3 Å². The molecule has 0 radical (unpaired) electrons. The van der Waals surface area contributed by atoms with E-state index in [-0.39, 0.29) is 11.2 Å². The van der Waals surface area contributed by atoms with Gasteiger partial charge in [-0.15, -0.1) is 0 Å². The molecule has 4 aliphatic carbocycles. The zero-order chi connectivity index (χ0) is 24.4. The second kappa shape index (κ2) is 9.05. The van der Waals surface area contributed by atoms with Crippen molar-refractivity contribution in [3.8, 4) is 0 Å². The smallest absolute Gasteiger partial charge is 0.0926 e. The minimum atomic E-state index is 0.230. The third kappa shape index (κ3) is 5.10. The number of allylic oxidation sites excluding steroid dienone is 4. The van der Waals surface area contributed by atoms with Gasteiger partial charge in [-0.25, -0.2) is 0 Å². The molecular weight excluding hydrogens is 416 g/mol. The van der Waals surface area contributed by atoms with E-state index in [0.717, 1.165) is 47.3 Å². The third-order valence-electron chi connectivity index (χ3n) is 10.6. The Kier molecular flexibility index (Phi) is 6.67. The first kappa shape index (κ1) is 25.1. The van der Waals surface area contributed by atoms with Crippen LogP contribution >= 0.6 is 0 Å². The largest absolute Gasteiger partial charge is 0.366 e. The van der Waals surface area contributed by atoms with E-state index in [1.165, 1.54) is 51.4 Å². The summed E-state index contributed by atoms with van der Waals surface area (Å²) in [6.45, 7) is 18.8. The summed E-state index contributed by atoms with van der Waals surface area (Å²) in [5.41, 5.74) is 3.72. The van der Waals surface area contributed by atoms with Crippen LogP contribution in [0.3, 0.4) is 0 Å². The molecule has 0 aromatic carbocycles. The number of hydrogen-bond donors (Lipinski definition) is 0. The number of fused-ring (bicyclic) bond motifs is 2. The Balaban J connectivity index is 0.000000143. The summed E-state index contributed by atoms with van der Waals surface area (Å²) in [6.07, 6.45) is 17.0. The zero-order valence-electron chi connectivity index (χ0n) is 23.4. The van der Waals surface area contributed by atoms with Crippen LogP contribution in [0.1, 0.15) is 107 Å². The Bertz CT molecular complexity index is 759. The average molecular weight is 469 g/mol. The molecule has 0 amide bonds. The van der Waals surface area contributed by atoms with Crippen molar-refractivity contribution in [2.45, 2.75) is 130 Å². The van der Waals surface area contributed by atoms with Gasteiger partial charge in [0, 0.05) is 0 Å². The lowest BCUT2D eigenvalue weighted by atomic mass is 9.64. The van der Waals surface area contributed by atoms with Crippen molar-refractivity contribution in [2.24, 2.45) is 47.3 Å². The topological polar surface area (TPSA) is 25.1 Å². The molecule has 6 aliphatic rings. The van der Waals surface area contributed by atoms with Crippen molar-refractivity contribution in [3.05, 3.63) is 23.3 Å². The summed E-state index contributed by atoms with van der Waals surface area (Å²) in [7, 11) is 0. The molecule has 0 spiro atoms. The average Bonchev–Trinajstić information content (AvgIpc) is 3.61. The molecule has 12 unspecified atom stereocenters. The molecular formula is C32H52O2. The lowest BCUT2D eigenvalue weighted by Crippen LogP contribution is -2.37. The second-order valence-corrected chi connectivity index (χ2v) is 14.4. The van der Waals surface area contributed by atoms with E-state index >= 15 is 0 Å². The molecule has 0 aromatic rings. The van der Waals surface area contributed by atoms with E-state index in [9.17, 15) is 0 Å². The van der Waals surface area contributed by atoms with Crippen molar-refractivity contribution >= 4 is 0 Å². The van der Waals surface area contributed by atoms with Gasteiger partial charge in [-0.05, 0) is 126 Å². The maximum Gasteiger partial charge on any atom is 0.0926 e. The highest BCUT2D eigenvalue weighted by Gasteiger charge is 2.63. The molecule has 2 heteroatoms. The van der Waals surface area contributed by atoms with Crippen LogP contribution in [0.25, 0.3) is 0 Å². The van der Waals surface area contributed by atoms with Crippen LogP contribution in [0.4, 0.5) is 0 Å². The number of epoxide rings is 2. The van der Waals surface area contributed by atoms with Crippen LogP contribution in [-0.4, -0.2) is 23.4 Å². The molecule has 6 rings (SSSR count). The van der Waals surface area contributed by atoms with Crippen molar-refractivity contribution in [1.29, 1.82) is 0 Å². The fourth-order valence-electron chi connectivity index (χ4n) is 9.32. The first-order chi connectivity index (χ1) is 16.0. The van der Waals surface area contributed by atoms with Crippen LogP contribution in [-0.2, 0) is 9.47 Å². The van der Waals surface area contributed by atoms with Crippen LogP contribution in [0.2, 0.25) is 0 Å². The predicted octanol–water partition coefficient (Wildman–Crippen LogP) is 8.36. The minimum absolute atomic E-state index is 0.230. The maximum atomic E-state index is 5.96. The molecule has 34 heavy (non-hydrogen) atoms. The third-order valence-corrected chi connectivity index (χ3v) is 10.6. The standard InChI is InChI=1S/C16H26O2.C16H26/c1-9-5-11(7-15(3)13(9)17-15)12-6-10(2)14-16(4,8-12)18-14;1-11-5-12(2)8-15(7-11)16-9-13(3)6-14(4)10-16/h9-14H,5-8H2,1-4H3;5-6,11,13,15-16H,7-10H2,1-4H3. The highest BCUT2D eigenvalue weighted by Crippen LogP contribution is 2.59. The van der Waals surface area contributed by atoms with Gasteiger partial charge in [-0.3, -0.25) is 0 Å². The summed E-state index contributed by atoms with van der Waals surface area (Å²) in [6, 6.07) is 0. The number of ether oxygens (including phenoxy) is 2. The van der Waals surface area contributed by atoms with Gasteiger partial charge < -0.3 is 9.47 Å². The zero-order valence-corrected chi connectivity index (χ0v) is 23.4. The summed E-state index contributed by atoms with van der Waals surface area (Å²) in [5, 5.41) is 0. The molecule has 2 aliphatic heterocycles. The van der Waals surface area contributed by atoms with Gasteiger partial charge in [0.2, 0.25) is 0 Å². The first-order valence-corrected chi connectivity index (χ1v) is 14.7. The van der Waals surface area contributed by atoms with Gasteiger partial charge in [0.15, 0.2) is 0 Å². The van der Waals surface area contributed by atoms with Gasteiger partial charge in [-0.2, -0.15) is 0 Å². The van der Waals surface area contributed by atoms with E-state index < -0.39 is 0 Å². The van der Waals surface area contributed by atoms with Crippen LogP contribution in [0.5, 0.6) is 0 Å².